The monoisotopic (exact) mass is 200 g/mol. The van der Waals surface area contributed by atoms with E-state index in [-0.39, 0.29) is 18.7 Å². The predicted octanol–water partition coefficient (Wildman–Crippen LogP) is 0.816. The summed E-state index contributed by atoms with van der Waals surface area (Å²) in [5.74, 6) is 0.869. The number of hydrogen-bond acceptors (Lipinski definition) is 3. The fraction of sp³-hybridized carbons (Fsp3) is 1.00. The first-order valence-electron chi connectivity index (χ1n) is 5.83. The van der Waals surface area contributed by atoms with Gasteiger partial charge in [0.15, 0.2) is 0 Å². The molecule has 0 heterocycles. The predicted molar refractivity (Wildman–Crippen MR) is 59.1 cm³/mol. The van der Waals surface area contributed by atoms with Gasteiger partial charge >= 0.3 is 0 Å². The molecule has 0 aromatic carbocycles. The van der Waals surface area contributed by atoms with Crippen LogP contribution < -0.4 is 5.73 Å². The van der Waals surface area contributed by atoms with Gasteiger partial charge in [-0.2, -0.15) is 0 Å². The average molecular weight is 200 g/mol. The van der Waals surface area contributed by atoms with E-state index >= 15 is 0 Å². The summed E-state index contributed by atoms with van der Waals surface area (Å²) in [5.41, 5.74) is 6.00. The second-order valence-corrected chi connectivity index (χ2v) is 4.35. The van der Waals surface area contributed by atoms with E-state index in [0.717, 1.165) is 25.4 Å². The second-order valence-electron chi connectivity index (χ2n) is 4.35. The van der Waals surface area contributed by atoms with Gasteiger partial charge in [0.25, 0.3) is 0 Å². The minimum Gasteiger partial charge on any atom is -0.395 e. The zero-order valence-electron chi connectivity index (χ0n) is 9.45. The van der Waals surface area contributed by atoms with Crippen molar-refractivity contribution in [1.29, 1.82) is 0 Å². The Balaban J connectivity index is 2.43. The first-order chi connectivity index (χ1) is 6.72. The normalized spacial score (nSPS) is 21.2. The maximum Gasteiger partial charge on any atom is 0.0601 e. The van der Waals surface area contributed by atoms with Crippen LogP contribution in [0.25, 0.3) is 0 Å². The summed E-state index contributed by atoms with van der Waals surface area (Å²) in [4.78, 5) is 2.34. The lowest BCUT2D eigenvalue weighted by Crippen LogP contribution is -2.50. The van der Waals surface area contributed by atoms with E-state index in [1.807, 2.05) is 0 Å². The quantitative estimate of drug-likeness (QED) is 0.639. The number of rotatable bonds is 7. The van der Waals surface area contributed by atoms with E-state index in [4.69, 9.17) is 5.73 Å². The SMILES string of the molecule is CCC(N)C(CO)N(CC)CC1CC1. The van der Waals surface area contributed by atoms with Gasteiger partial charge in [0.05, 0.1) is 6.61 Å². The Morgan fingerprint density at radius 1 is 1.43 bits per heavy atom. The third-order valence-electron chi connectivity index (χ3n) is 3.22. The largest absolute Gasteiger partial charge is 0.395 e. The standard InChI is InChI=1S/C11H24N2O/c1-3-10(12)11(8-14)13(4-2)7-9-5-6-9/h9-11,14H,3-8,12H2,1-2H3. The molecule has 84 valence electrons. The van der Waals surface area contributed by atoms with Gasteiger partial charge in [-0.3, -0.25) is 4.90 Å². The Kier molecular flexibility index (Phi) is 4.85. The number of nitrogens with two attached hydrogens (primary N) is 1. The molecule has 0 amide bonds. The van der Waals surface area contributed by atoms with Gasteiger partial charge in [-0.1, -0.05) is 13.8 Å². The first-order valence-corrected chi connectivity index (χ1v) is 5.83. The minimum atomic E-state index is 0.110. The highest BCUT2D eigenvalue weighted by atomic mass is 16.3. The van der Waals surface area contributed by atoms with Crippen LogP contribution >= 0.6 is 0 Å². The Hall–Kier alpha value is -0.120. The van der Waals surface area contributed by atoms with Crippen LogP contribution in [0.4, 0.5) is 0 Å². The van der Waals surface area contributed by atoms with Crippen molar-refractivity contribution in [3.8, 4) is 0 Å². The Morgan fingerprint density at radius 2 is 2.07 bits per heavy atom. The molecule has 1 aliphatic rings. The summed E-state index contributed by atoms with van der Waals surface area (Å²) in [7, 11) is 0. The molecule has 0 radical (unpaired) electrons. The van der Waals surface area contributed by atoms with Gasteiger partial charge in [-0.05, 0) is 31.7 Å². The van der Waals surface area contributed by atoms with Crippen molar-refractivity contribution in [2.24, 2.45) is 11.7 Å². The van der Waals surface area contributed by atoms with Gasteiger partial charge in [-0.15, -0.1) is 0 Å². The molecule has 0 aliphatic heterocycles. The molecule has 3 heteroatoms. The van der Waals surface area contributed by atoms with Crippen molar-refractivity contribution < 1.29 is 5.11 Å². The van der Waals surface area contributed by atoms with Crippen LogP contribution in [-0.2, 0) is 0 Å². The van der Waals surface area contributed by atoms with E-state index < -0.39 is 0 Å². The summed E-state index contributed by atoms with van der Waals surface area (Å²) < 4.78 is 0. The van der Waals surface area contributed by atoms with Crippen molar-refractivity contribution in [1.82, 2.24) is 4.90 Å². The topological polar surface area (TPSA) is 49.5 Å². The number of hydrogen-bond donors (Lipinski definition) is 2. The fourth-order valence-corrected chi connectivity index (χ4v) is 1.92. The van der Waals surface area contributed by atoms with Gasteiger partial charge in [0.1, 0.15) is 0 Å². The summed E-state index contributed by atoms with van der Waals surface area (Å²) in [6.45, 7) is 6.53. The van der Waals surface area contributed by atoms with Crippen molar-refractivity contribution in [3.05, 3.63) is 0 Å². The maximum absolute atomic E-state index is 9.34. The Labute approximate surface area is 87.3 Å². The van der Waals surface area contributed by atoms with Gasteiger partial charge < -0.3 is 10.8 Å². The van der Waals surface area contributed by atoms with Gasteiger partial charge in [-0.25, -0.2) is 0 Å². The number of aliphatic hydroxyl groups is 1. The lowest BCUT2D eigenvalue weighted by molar-refractivity contribution is 0.103. The molecule has 14 heavy (non-hydrogen) atoms. The van der Waals surface area contributed by atoms with Crippen LogP contribution in [0.5, 0.6) is 0 Å². The summed E-state index contributed by atoms with van der Waals surface area (Å²) in [6.07, 6.45) is 3.65. The maximum atomic E-state index is 9.34. The molecule has 3 nitrogen and oxygen atoms in total. The molecule has 0 aromatic heterocycles. The summed E-state index contributed by atoms with van der Waals surface area (Å²) >= 11 is 0. The average Bonchev–Trinajstić information content (AvgIpc) is 3.00. The van der Waals surface area contributed by atoms with Crippen molar-refractivity contribution in [3.63, 3.8) is 0 Å². The van der Waals surface area contributed by atoms with Crippen LogP contribution in [0.2, 0.25) is 0 Å². The van der Waals surface area contributed by atoms with Crippen LogP contribution in [-0.4, -0.2) is 41.8 Å². The van der Waals surface area contributed by atoms with Crippen molar-refractivity contribution in [2.75, 3.05) is 19.7 Å². The third-order valence-corrected chi connectivity index (χ3v) is 3.22. The van der Waals surface area contributed by atoms with Gasteiger partial charge in [0.2, 0.25) is 0 Å². The molecule has 1 rings (SSSR count). The zero-order chi connectivity index (χ0) is 10.6. The molecule has 2 unspecified atom stereocenters. The van der Waals surface area contributed by atoms with E-state index in [1.54, 1.807) is 0 Å². The minimum absolute atomic E-state index is 0.110. The fourth-order valence-electron chi connectivity index (χ4n) is 1.92. The molecule has 0 spiro atoms. The van der Waals surface area contributed by atoms with E-state index in [0.29, 0.717) is 0 Å². The highest BCUT2D eigenvalue weighted by molar-refractivity contribution is 4.85. The Morgan fingerprint density at radius 3 is 2.43 bits per heavy atom. The smallest absolute Gasteiger partial charge is 0.0601 e. The molecule has 0 bridgehead atoms. The van der Waals surface area contributed by atoms with E-state index in [9.17, 15) is 5.11 Å². The molecule has 1 aliphatic carbocycles. The molecular formula is C11H24N2O. The molecule has 0 saturated heterocycles. The van der Waals surface area contributed by atoms with Crippen molar-refractivity contribution in [2.45, 2.75) is 45.2 Å². The number of likely N-dealkylation sites (N-methyl/N-ethyl adjacent to an activating group) is 1. The van der Waals surface area contributed by atoms with Gasteiger partial charge in [0, 0.05) is 18.6 Å². The lowest BCUT2D eigenvalue weighted by Gasteiger charge is -2.33. The lowest BCUT2D eigenvalue weighted by atomic mass is 10.1. The van der Waals surface area contributed by atoms with Crippen LogP contribution in [0.3, 0.4) is 0 Å². The number of aliphatic hydroxyl groups excluding tert-OH is 1. The molecule has 1 fully saturated rings. The van der Waals surface area contributed by atoms with Crippen molar-refractivity contribution >= 4 is 0 Å². The van der Waals surface area contributed by atoms with Crippen LogP contribution in [0.15, 0.2) is 0 Å². The van der Waals surface area contributed by atoms with E-state index in [2.05, 4.69) is 18.7 Å². The molecule has 0 aromatic rings. The molecule has 3 N–H and O–H groups in total. The molecular weight excluding hydrogens is 176 g/mol. The van der Waals surface area contributed by atoms with E-state index in [1.165, 1.54) is 12.8 Å². The van der Waals surface area contributed by atoms with Crippen LogP contribution in [0, 0.1) is 5.92 Å². The molecule has 1 saturated carbocycles. The number of nitrogens with zero attached hydrogens (tertiary/aromatic N) is 1. The van der Waals surface area contributed by atoms with Crippen LogP contribution in [0.1, 0.15) is 33.1 Å². The molecule has 2 atom stereocenters. The Bertz CT molecular complexity index is 159. The first kappa shape index (κ1) is 12.0. The second kappa shape index (κ2) is 5.69. The highest BCUT2D eigenvalue weighted by Crippen LogP contribution is 2.30. The third kappa shape index (κ3) is 3.23. The summed E-state index contributed by atoms with van der Waals surface area (Å²) in [6, 6.07) is 0.268. The highest BCUT2D eigenvalue weighted by Gasteiger charge is 2.29. The zero-order valence-corrected chi connectivity index (χ0v) is 9.45. The summed E-state index contributed by atoms with van der Waals surface area (Å²) in [5, 5.41) is 9.34.